The predicted octanol–water partition coefficient (Wildman–Crippen LogP) is -16.0. The number of aliphatic hydroxyl groups is 12. The van der Waals surface area contributed by atoms with Crippen LogP contribution in [-0.4, -0.2) is 363 Å². The number of aliphatic carboxylic acids is 3. The Balaban J connectivity index is 1.31. The molecular formula is C36H59N3O46S5. The first-order valence-electron chi connectivity index (χ1n) is 24.7. The second kappa shape index (κ2) is 29.5. The average Bonchev–Trinajstić information content (AvgIpc) is 0.985. The summed E-state index contributed by atoms with van der Waals surface area (Å²) in [5, 5.41) is 159. The molecule has 0 amide bonds. The lowest BCUT2D eigenvalue weighted by atomic mass is 9.94. The molecular weight excluding hydrogens is 1370 g/mol. The summed E-state index contributed by atoms with van der Waals surface area (Å²) in [6, 6.07) is -7.86. The molecule has 90 heavy (non-hydrogen) atoms. The topological polar surface area (TPSA) is 783 Å². The maximum atomic E-state index is 12.9. The summed E-state index contributed by atoms with van der Waals surface area (Å²) in [5.74, 6) is -6.65. The molecule has 54 heteroatoms. The predicted molar refractivity (Wildman–Crippen MR) is 259 cm³/mol. The third-order valence-corrected chi connectivity index (χ3v) is 16.3. The van der Waals surface area contributed by atoms with Gasteiger partial charge in [-0.05, 0) is 0 Å². The standard InChI is InChI=1S/C36H59N3O46S5/c40-1-4-18(10(43)7(31(57)73-4)37-86(58,59)60)77-35-24(84-89(67,68)69)16(49)21(26(82-35)29(53)54)80-33-9(39-88(64,65)66)12(45)20(6(3-42)75-33)78-36-25(85-90(70,71)72)17(50)22(27(83-36)30(55)56)79-32-8(38-87(61,62)63)11(44)19(5(2-41)74-32)76-34-15(48)13(46)14(47)23(81-34)28(51)52/h4-27,31-50,57H,1-3H2,(H,51,52)(H,53,54)(H,55,56)(H,58,59,60)(H,61,62,63)(H,64,65,66)(H,67,68,69)(H,70,71,72)/t4-,5-,6-,7-,8-,9-,10-,11-,12-,13+,14+,15-,16+,17+,18-,19-,20-,21+,22+,23?,24-,25-,26?,27+,31+,32-,33-,34-,35-,36-/m1/s1. The number of aliphatic hydroxyl groups excluding tert-OH is 12. The minimum Gasteiger partial charge on any atom is -0.479 e. The zero-order chi connectivity index (χ0) is 68.0. The average molecular weight is 1430 g/mol. The molecule has 6 aliphatic rings. The first-order valence-corrected chi connectivity index (χ1v) is 31.7. The fourth-order valence-corrected chi connectivity index (χ4v) is 12.6. The van der Waals surface area contributed by atoms with Gasteiger partial charge in [-0.3, -0.25) is 22.8 Å². The van der Waals surface area contributed by atoms with Crippen molar-refractivity contribution in [2.24, 2.45) is 0 Å². The third kappa shape index (κ3) is 18.4. The van der Waals surface area contributed by atoms with Gasteiger partial charge in [0.2, 0.25) is 0 Å². The van der Waals surface area contributed by atoms with E-state index in [4.69, 9.17) is 52.1 Å². The number of nitrogens with one attached hydrogen (secondary N) is 3. The van der Waals surface area contributed by atoms with Crippen molar-refractivity contribution in [3.8, 4) is 0 Å². The molecule has 0 aliphatic carbocycles. The summed E-state index contributed by atoms with van der Waals surface area (Å²) in [5.41, 5.74) is 0. The molecule has 6 heterocycles. The minimum absolute atomic E-state index is 1.27. The lowest BCUT2D eigenvalue weighted by Gasteiger charge is -2.50. The molecule has 0 aromatic rings. The van der Waals surface area contributed by atoms with Crippen molar-refractivity contribution in [3.63, 3.8) is 0 Å². The highest BCUT2D eigenvalue weighted by molar-refractivity contribution is 7.84. The van der Waals surface area contributed by atoms with Crippen LogP contribution in [0.2, 0.25) is 0 Å². The van der Waals surface area contributed by atoms with E-state index in [0.29, 0.717) is 0 Å². The van der Waals surface area contributed by atoms with Crippen LogP contribution in [0.15, 0.2) is 0 Å². The molecule has 0 radical (unpaired) electrons. The van der Waals surface area contributed by atoms with Crippen LogP contribution in [0, 0.1) is 0 Å². The fraction of sp³-hybridized carbons (Fsp3) is 0.917. The molecule has 0 aromatic carbocycles. The van der Waals surface area contributed by atoms with E-state index in [1.165, 1.54) is 14.2 Å². The number of carboxylic acids is 3. The monoisotopic (exact) mass is 1430 g/mol. The number of hydrogen-bond donors (Lipinski definition) is 23. The van der Waals surface area contributed by atoms with Gasteiger partial charge < -0.3 is 129 Å². The fourth-order valence-electron chi connectivity index (χ4n) is 9.84. The van der Waals surface area contributed by atoms with E-state index in [0.717, 1.165) is 0 Å². The molecule has 2 unspecified atom stereocenters. The van der Waals surface area contributed by atoms with Crippen molar-refractivity contribution in [1.82, 2.24) is 14.2 Å². The van der Waals surface area contributed by atoms with Gasteiger partial charge in [-0.15, -0.1) is 0 Å². The van der Waals surface area contributed by atoms with E-state index in [1.807, 2.05) is 0 Å². The van der Waals surface area contributed by atoms with Gasteiger partial charge in [0.25, 0.3) is 0 Å². The van der Waals surface area contributed by atoms with E-state index in [-0.39, 0.29) is 0 Å². The second-order valence-electron chi connectivity index (χ2n) is 19.8. The van der Waals surface area contributed by atoms with Gasteiger partial charge in [0.05, 0.1) is 19.8 Å². The Morgan fingerprint density at radius 3 is 0.956 bits per heavy atom. The molecule has 6 rings (SSSR count). The van der Waals surface area contributed by atoms with Crippen LogP contribution in [0.25, 0.3) is 0 Å². The van der Waals surface area contributed by atoms with Crippen LogP contribution in [0.3, 0.4) is 0 Å². The maximum absolute atomic E-state index is 12.9. The molecule has 0 aromatic heterocycles. The van der Waals surface area contributed by atoms with Crippen molar-refractivity contribution in [1.29, 1.82) is 0 Å². The Morgan fingerprint density at radius 2 is 0.633 bits per heavy atom. The summed E-state index contributed by atoms with van der Waals surface area (Å²) in [6.45, 7) is -4.37. The highest BCUT2D eigenvalue weighted by Gasteiger charge is 2.61. The highest BCUT2D eigenvalue weighted by atomic mass is 32.3. The molecule has 49 nitrogen and oxygen atoms in total. The highest BCUT2D eigenvalue weighted by Crippen LogP contribution is 2.39. The van der Waals surface area contributed by atoms with E-state index in [9.17, 15) is 156 Å². The number of ether oxygens (including phenoxy) is 11. The summed E-state index contributed by atoms with van der Waals surface area (Å²) in [4.78, 5) is 37.4. The van der Waals surface area contributed by atoms with Crippen LogP contribution >= 0.6 is 0 Å². The van der Waals surface area contributed by atoms with E-state index < -0.39 is 273 Å². The summed E-state index contributed by atoms with van der Waals surface area (Å²) >= 11 is 0. The summed E-state index contributed by atoms with van der Waals surface area (Å²) < 4.78 is 241. The molecule has 524 valence electrons. The van der Waals surface area contributed by atoms with E-state index in [2.05, 4.69) is 8.37 Å². The van der Waals surface area contributed by atoms with Crippen molar-refractivity contribution in [3.05, 3.63) is 0 Å². The van der Waals surface area contributed by atoms with Gasteiger partial charge >= 0.3 is 69.6 Å². The Labute approximate surface area is 502 Å². The Hall–Kier alpha value is -3.16. The van der Waals surface area contributed by atoms with Gasteiger partial charge in [0.15, 0.2) is 68.3 Å². The third-order valence-electron chi connectivity index (χ3n) is 13.7. The maximum Gasteiger partial charge on any atom is 0.397 e. The molecule has 23 N–H and O–H groups in total. The molecule has 6 fully saturated rings. The quantitative estimate of drug-likeness (QED) is 0.0358. The molecule has 6 aliphatic heterocycles. The number of rotatable bonds is 26. The Morgan fingerprint density at radius 1 is 0.333 bits per heavy atom. The smallest absolute Gasteiger partial charge is 0.397 e. The summed E-state index contributed by atoms with van der Waals surface area (Å²) in [6.07, 6.45) is -72.0. The minimum atomic E-state index is -6.07. The first-order chi connectivity index (χ1) is 41.3. The molecule has 0 bridgehead atoms. The number of carbonyl (C=O) groups is 3. The largest absolute Gasteiger partial charge is 0.479 e. The van der Waals surface area contributed by atoms with Crippen LogP contribution in [-0.2, 0) is 127 Å². The molecule has 0 saturated carbocycles. The lowest BCUT2D eigenvalue weighted by Crippen LogP contribution is -2.71. The van der Waals surface area contributed by atoms with Gasteiger partial charge in [-0.1, -0.05) is 0 Å². The second-order valence-corrected chi connectivity index (χ2v) is 25.4. The van der Waals surface area contributed by atoms with Crippen LogP contribution in [0.4, 0.5) is 0 Å². The van der Waals surface area contributed by atoms with Crippen molar-refractivity contribution < 1.29 is 216 Å². The van der Waals surface area contributed by atoms with Crippen LogP contribution in [0.5, 0.6) is 0 Å². The van der Waals surface area contributed by atoms with Gasteiger partial charge in [-0.25, -0.2) is 22.7 Å². The van der Waals surface area contributed by atoms with E-state index in [1.54, 1.807) is 0 Å². The van der Waals surface area contributed by atoms with E-state index >= 15 is 0 Å². The number of hydrogen-bond acceptors (Lipinski definition) is 38. The SMILES string of the molecule is O=C(O)C1O[C@@H](O[C@H]2[C@H](O)[C@@H](NS(=O)(=O)O)[C@@H](O[C@H]3[C@H](O)[C@@H](OS(=O)(=O)O)[C@H](O[C@H]4[C@H](O)[C@@H](NS(=O)(=O)O)[C@@H](O[C@@H]5C(C(=O)O)O[C@@H](O[C@H]6[C@H](O)[C@@H](NS(=O)(=O)O)[C@@H](O)O[C@@H]6CO)[C@H](OS(=O)(=O)O)[C@H]5O)O[C@@H]4CO)O[C@@H]3C(=O)O)O[C@@H]2CO)[C@H](O)[C@@H](O)[C@@H]1O. The lowest BCUT2D eigenvalue weighted by molar-refractivity contribution is -0.376. The Bertz CT molecular complexity index is 3080. The molecule has 6 saturated heterocycles. The zero-order valence-electron chi connectivity index (χ0n) is 44.0. The molecule has 30 atom stereocenters. The molecule has 0 spiro atoms. The van der Waals surface area contributed by atoms with Crippen molar-refractivity contribution >= 4 is 69.6 Å². The number of carboxylic acid groups (broad SMARTS) is 3. The zero-order valence-corrected chi connectivity index (χ0v) is 48.1. The normalized spacial score (nSPS) is 43.5. The summed E-state index contributed by atoms with van der Waals surface area (Å²) in [7, 11) is -28.9. The van der Waals surface area contributed by atoms with Gasteiger partial charge in [0, 0.05) is 0 Å². The van der Waals surface area contributed by atoms with Crippen molar-refractivity contribution in [2.75, 3.05) is 19.8 Å². The van der Waals surface area contributed by atoms with Crippen LogP contribution < -0.4 is 14.2 Å². The Kier molecular flexibility index (Phi) is 24.8. The van der Waals surface area contributed by atoms with Crippen LogP contribution in [0.1, 0.15) is 0 Å². The first kappa shape index (κ1) is 75.9. The van der Waals surface area contributed by atoms with Gasteiger partial charge in [-0.2, -0.15) is 56.3 Å². The van der Waals surface area contributed by atoms with Crippen molar-refractivity contribution in [2.45, 2.75) is 184 Å². The van der Waals surface area contributed by atoms with Gasteiger partial charge in [0.1, 0.15) is 116 Å².